The number of rotatable bonds is 3. The van der Waals surface area contributed by atoms with Gasteiger partial charge in [-0.25, -0.2) is 0 Å². The van der Waals surface area contributed by atoms with E-state index >= 15 is 0 Å². The zero-order valence-electron chi connectivity index (χ0n) is 8.62. The number of aliphatic hydroxyl groups excluding tert-OH is 1. The molecule has 0 radical (unpaired) electrons. The Morgan fingerprint density at radius 2 is 1.69 bits per heavy atom. The SMILES string of the molecule is Cc1ccc([C@H](O)CC(C)C)cc1. The molecule has 1 nitrogen and oxygen atoms in total. The Balaban J connectivity index is 2.66. The lowest BCUT2D eigenvalue weighted by molar-refractivity contribution is 0.151. The lowest BCUT2D eigenvalue weighted by Crippen LogP contribution is -2.01. The zero-order valence-corrected chi connectivity index (χ0v) is 8.62. The predicted molar refractivity (Wildman–Crippen MR) is 55.6 cm³/mol. The van der Waals surface area contributed by atoms with Crippen LogP contribution >= 0.6 is 0 Å². The van der Waals surface area contributed by atoms with Gasteiger partial charge in [0.15, 0.2) is 0 Å². The van der Waals surface area contributed by atoms with Crippen molar-refractivity contribution in [2.75, 3.05) is 0 Å². The Morgan fingerprint density at radius 1 is 1.15 bits per heavy atom. The summed E-state index contributed by atoms with van der Waals surface area (Å²) in [4.78, 5) is 0. The molecule has 72 valence electrons. The summed E-state index contributed by atoms with van der Waals surface area (Å²) >= 11 is 0. The molecule has 1 heteroatoms. The molecule has 0 aromatic heterocycles. The number of hydrogen-bond donors (Lipinski definition) is 1. The third-order valence-corrected chi connectivity index (χ3v) is 2.16. The monoisotopic (exact) mass is 178 g/mol. The molecule has 0 aliphatic carbocycles. The van der Waals surface area contributed by atoms with E-state index in [1.807, 2.05) is 24.3 Å². The Hall–Kier alpha value is -0.820. The average molecular weight is 178 g/mol. The summed E-state index contributed by atoms with van der Waals surface area (Å²) in [5, 5.41) is 9.78. The van der Waals surface area contributed by atoms with Gasteiger partial charge in [-0.1, -0.05) is 43.7 Å². The van der Waals surface area contributed by atoms with Gasteiger partial charge >= 0.3 is 0 Å². The Labute approximate surface area is 80.4 Å². The molecule has 0 aliphatic heterocycles. The van der Waals surface area contributed by atoms with Gasteiger partial charge in [-0.05, 0) is 24.8 Å². The molecule has 0 unspecified atom stereocenters. The van der Waals surface area contributed by atoms with Crippen LogP contribution in [0.5, 0.6) is 0 Å². The number of hydrogen-bond acceptors (Lipinski definition) is 1. The summed E-state index contributed by atoms with van der Waals surface area (Å²) in [5.74, 6) is 0.538. The minimum atomic E-state index is -0.305. The third kappa shape index (κ3) is 3.19. The first kappa shape index (κ1) is 10.3. The maximum absolute atomic E-state index is 9.78. The van der Waals surface area contributed by atoms with Crippen LogP contribution in [0.3, 0.4) is 0 Å². The van der Waals surface area contributed by atoms with Gasteiger partial charge < -0.3 is 5.11 Å². The molecule has 1 rings (SSSR count). The van der Waals surface area contributed by atoms with E-state index in [1.54, 1.807) is 0 Å². The summed E-state index contributed by atoms with van der Waals surface area (Å²) in [5.41, 5.74) is 2.26. The van der Waals surface area contributed by atoms with Crippen molar-refractivity contribution in [1.82, 2.24) is 0 Å². The maximum atomic E-state index is 9.78. The highest BCUT2D eigenvalue weighted by atomic mass is 16.3. The Bertz CT molecular complexity index is 248. The largest absolute Gasteiger partial charge is 0.388 e. The highest BCUT2D eigenvalue weighted by Gasteiger charge is 2.08. The second kappa shape index (κ2) is 4.43. The zero-order chi connectivity index (χ0) is 9.84. The third-order valence-electron chi connectivity index (χ3n) is 2.16. The molecule has 13 heavy (non-hydrogen) atoms. The molecule has 0 heterocycles. The van der Waals surface area contributed by atoms with E-state index in [0.717, 1.165) is 12.0 Å². The van der Waals surface area contributed by atoms with E-state index in [2.05, 4.69) is 20.8 Å². The molecule has 1 N–H and O–H groups in total. The van der Waals surface area contributed by atoms with Crippen molar-refractivity contribution >= 4 is 0 Å². The molecule has 0 saturated carbocycles. The number of aryl methyl sites for hydroxylation is 1. The molecule has 0 aliphatic rings. The quantitative estimate of drug-likeness (QED) is 0.754. The van der Waals surface area contributed by atoms with Gasteiger partial charge in [-0.3, -0.25) is 0 Å². The molecule has 1 aromatic rings. The fourth-order valence-corrected chi connectivity index (χ4v) is 1.37. The van der Waals surface area contributed by atoms with E-state index in [4.69, 9.17) is 0 Å². The normalized spacial score (nSPS) is 13.3. The first-order chi connectivity index (χ1) is 6.09. The van der Waals surface area contributed by atoms with Gasteiger partial charge in [0.25, 0.3) is 0 Å². The van der Waals surface area contributed by atoms with Gasteiger partial charge in [0.05, 0.1) is 6.10 Å². The average Bonchev–Trinajstić information content (AvgIpc) is 2.04. The smallest absolute Gasteiger partial charge is 0.0792 e. The fraction of sp³-hybridized carbons (Fsp3) is 0.500. The molecule has 0 fully saturated rings. The highest BCUT2D eigenvalue weighted by molar-refractivity contribution is 5.22. The van der Waals surface area contributed by atoms with Crippen molar-refractivity contribution < 1.29 is 5.11 Å². The van der Waals surface area contributed by atoms with E-state index in [9.17, 15) is 5.11 Å². The van der Waals surface area contributed by atoms with E-state index in [-0.39, 0.29) is 6.10 Å². The molecular formula is C12H18O. The van der Waals surface area contributed by atoms with Crippen LogP contribution in [-0.2, 0) is 0 Å². The topological polar surface area (TPSA) is 20.2 Å². The van der Waals surface area contributed by atoms with Crippen molar-refractivity contribution in [1.29, 1.82) is 0 Å². The summed E-state index contributed by atoms with van der Waals surface area (Å²) in [6.07, 6.45) is 0.531. The lowest BCUT2D eigenvalue weighted by Gasteiger charge is -2.13. The number of aliphatic hydroxyl groups is 1. The first-order valence-corrected chi connectivity index (χ1v) is 4.84. The van der Waals surface area contributed by atoms with Gasteiger partial charge in [0.2, 0.25) is 0 Å². The van der Waals surface area contributed by atoms with E-state index < -0.39 is 0 Å². The van der Waals surface area contributed by atoms with Crippen molar-refractivity contribution in [2.24, 2.45) is 5.92 Å². The van der Waals surface area contributed by atoms with Gasteiger partial charge in [-0.15, -0.1) is 0 Å². The first-order valence-electron chi connectivity index (χ1n) is 4.84. The second-order valence-electron chi connectivity index (χ2n) is 4.06. The summed E-state index contributed by atoms with van der Waals surface area (Å²) in [6, 6.07) is 8.09. The maximum Gasteiger partial charge on any atom is 0.0792 e. The fourth-order valence-electron chi connectivity index (χ4n) is 1.37. The molecule has 0 amide bonds. The highest BCUT2D eigenvalue weighted by Crippen LogP contribution is 2.20. The molecule has 0 bridgehead atoms. The number of benzene rings is 1. The van der Waals surface area contributed by atoms with Crippen LogP contribution < -0.4 is 0 Å². The van der Waals surface area contributed by atoms with E-state index in [1.165, 1.54) is 5.56 Å². The Kier molecular flexibility index (Phi) is 3.49. The Morgan fingerprint density at radius 3 is 2.15 bits per heavy atom. The van der Waals surface area contributed by atoms with Gasteiger partial charge in [0.1, 0.15) is 0 Å². The predicted octanol–water partition coefficient (Wildman–Crippen LogP) is 3.07. The lowest BCUT2D eigenvalue weighted by atomic mass is 9.99. The van der Waals surface area contributed by atoms with Crippen LogP contribution in [0.2, 0.25) is 0 Å². The van der Waals surface area contributed by atoms with Crippen LogP contribution in [0, 0.1) is 12.8 Å². The summed E-state index contributed by atoms with van der Waals surface area (Å²) in [6.45, 7) is 6.30. The molecule has 1 atom stereocenters. The summed E-state index contributed by atoms with van der Waals surface area (Å²) < 4.78 is 0. The van der Waals surface area contributed by atoms with Crippen LogP contribution in [0.1, 0.15) is 37.5 Å². The minimum Gasteiger partial charge on any atom is -0.388 e. The van der Waals surface area contributed by atoms with Crippen molar-refractivity contribution in [2.45, 2.75) is 33.3 Å². The molecular weight excluding hydrogens is 160 g/mol. The van der Waals surface area contributed by atoms with Crippen molar-refractivity contribution in [3.8, 4) is 0 Å². The molecule has 1 aromatic carbocycles. The van der Waals surface area contributed by atoms with Crippen molar-refractivity contribution in [3.63, 3.8) is 0 Å². The second-order valence-corrected chi connectivity index (χ2v) is 4.06. The summed E-state index contributed by atoms with van der Waals surface area (Å²) in [7, 11) is 0. The molecule has 0 saturated heterocycles. The van der Waals surface area contributed by atoms with Crippen LogP contribution in [-0.4, -0.2) is 5.11 Å². The van der Waals surface area contributed by atoms with Crippen LogP contribution in [0.4, 0.5) is 0 Å². The van der Waals surface area contributed by atoms with E-state index in [0.29, 0.717) is 5.92 Å². The van der Waals surface area contributed by atoms with Gasteiger partial charge in [-0.2, -0.15) is 0 Å². The minimum absolute atomic E-state index is 0.305. The standard InChI is InChI=1S/C12H18O/c1-9(2)8-12(13)11-6-4-10(3)5-7-11/h4-7,9,12-13H,8H2,1-3H3/t12-/m1/s1. The molecule has 0 spiro atoms. The van der Waals surface area contributed by atoms with Gasteiger partial charge in [0, 0.05) is 0 Å². The van der Waals surface area contributed by atoms with Crippen molar-refractivity contribution in [3.05, 3.63) is 35.4 Å². The van der Waals surface area contributed by atoms with Crippen LogP contribution in [0.15, 0.2) is 24.3 Å². The van der Waals surface area contributed by atoms with Crippen LogP contribution in [0.25, 0.3) is 0 Å².